The molecule has 0 aliphatic heterocycles. The maximum Gasteiger partial charge on any atom is 0.139 e. The maximum atomic E-state index is 8.91. The predicted molar refractivity (Wildman–Crippen MR) is 80.1 cm³/mol. The summed E-state index contributed by atoms with van der Waals surface area (Å²) < 4.78 is 5.78. The summed E-state index contributed by atoms with van der Waals surface area (Å²) in [6.45, 7) is 4.92. The van der Waals surface area contributed by atoms with E-state index in [9.17, 15) is 0 Å². The molecule has 0 saturated heterocycles. The van der Waals surface area contributed by atoms with Gasteiger partial charge in [0.25, 0.3) is 0 Å². The Morgan fingerprint density at radius 1 is 1.10 bits per heavy atom. The van der Waals surface area contributed by atoms with Gasteiger partial charge in [-0.3, -0.25) is 5.26 Å². The third-order valence-electron chi connectivity index (χ3n) is 3.08. The summed E-state index contributed by atoms with van der Waals surface area (Å²) in [7, 11) is 0. The van der Waals surface area contributed by atoms with Gasteiger partial charge >= 0.3 is 0 Å². The van der Waals surface area contributed by atoms with Gasteiger partial charge < -0.3 is 10.1 Å². The van der Waals surface area contributed by atoms with Gasteiger partial charge in [-0.05, 0) is 11.5 Å². The van der Waals surface area contributed by atoms with Crippen LogP contribution in [0.3, 0.4) is 0 Å². The van der Waals surface area contributed by atoms with Crippen LogP contribution in [0, 0.1) is 0 Å². The van der Waals surface area contributed by atoms with Gasteiger partial charge in [-0.1, -0.05) is 50.2 Å². The van der Waals surface area contributed by atoms with Gasteiger partial charge in [-0.15, -0.1) is 0 Å². The fraction of sp³-hybridized carbons (Fsp3) is 0.375. The number of nitrogens with one attached hydrogen (secondary N) is 1. The summed E-state index contributed by atoms with van der Waals surface area (Å²) in [5.74, 6) is 0.801. The predicted octanol–water partition coefficient (Wildman–Crippen LogP) is 3.07. The molecule has 108 valence electrons. The molecule has 0 aromatic heterocycles. The average Bonchev–Trinajstić information content (AvgIpc) is 2.47. The van der Waals surface area contributed by atoms with Crippen LogP contribution in [0.4, 0.5) is 0 Å². The summed E-state index contributed by atoms with van der Waals surface area (Å²) in [5.41, 5.74) is 0. The normalized spacial score (nSPS) is 12.8. The highest BCUT2D eigenvalue weighted by molar-refractivity contribution is 5.88. The van der Waals surface area contributed by atoms with Crippen LogP contribution in [0.2, 0.25) is 0 Å². The number of ether oxygens (including phenoxy) is 1. The molecule has 2 rings (SSSR count). The Kier molecular flexibility index (Phi) is 5.35. The van der Waals surface area contributed by atoms with Crippen molar-refractivity contribution in [3.63, 3.8) is 0 Å². The molecule has 4 heteroatoms. The number of hydrogen-bond donors (Lipinski definition) is 2. The molecule has 0 saturated carbocycles. The molecular formula is C16H21NO3. The molecule has 0 spiro atoms. The van der Waals surface area contributed by atoms with Crippen LogP contribution in [-0.4, -0.2) is 30.6 Å². The van der Waals surface area contributed by atoms with E-state index in [0.717, 1.165) is 16.5 Å². The topological polar surface area (TPSA) is 50.7 Å². The lowest BCUT2D eigenvalue weighted by molar-refractivity contribution is -0.281. The molecule has 0 radical (unpaired) electrons. The first-order valence-electron chi connectivity index (χ1n) is 6.85. The van der Waals surface area contributed by atoms with E-state index >= 15 is 0 Å². The third kappa shape index (κ3) is 3.93. The van der Waals surface area contributed by atoms with E-state index in [4.69, 9.17) is 9.99 Å². The number of hydrogen-bond acceptors (Lipinski definition) is 4. The molecule has 1 unspecified atom stereocenters. The van der Waals surface area contributed by atoms with E-state index in [1.807, 2.05) is 56.3 Å². The second-order valence-corrected chi connectivity index (χ2v) is 5.08. The van der Waals surface area contributed by atoms with E-state index in [-0.39, 0.29) is 0 Å². The van der Waals surface area contributed by atoms with Crippen LogP contribution < -0.4 is 10.1 Å². The first kappa shape index (κ1) is 14.8. The van der Waals surface area contributed by atoms with Gasteiger partial charge in [0.1, 0.15) is 18.5 Å². The van der Waals surface area contributed by atoms with Gasteiger partial charge in [-0.25, -0.2) is 4.89 Å². The van der Waals surface area contributed by atoms with E-state index < -0.39 is 6.10 Å². The fourth-order valence-electron chi connectivity index (χ4n) is 2.00. The summed E-state index contributed by atoms with van der Waals surface area (Å²) in [4.78, 5) is 4.45. The van der Waals surface area contributed by atoms with E-state index in [1.165, 1.54) is 0 Å². The molecule has 2 aromatic carbocycles. The van der Waals surface area contributed by atoms with Crippen LogP contribution in [0.25, 0.3) is 10.8 Å². The zero-order valence-electron chi connectivity index (χ0n) is 11.9. The minimum absolute atomic E-state index is 0.296. The van der Waals surface area contributed by atoms with E-state index in [2.05, 4.69) is 10.2 Å². The number of rotatable bonds is 7. The highest BCUT2D eigenvalue weighted by atomic mass is 17.1. The van der Waals surface area contributed by atoms with Gasteiger partial charge in [0.05, 0.1) is 0 Å². The van der Waals surface area contributed by atoms with Crippen molar-refractivity contribution in [2.24, 2.45) is 0 Å². The number of fused-ring (bicyclic) bond motifs is 1. The largest absolute Gasteiger partial charge is 0.490 e. The molecule has 0 bridgehead atoms. The monoisotopic (exact) mass is 275 g/mol. The molecule has 0 fully saturated rings. The average molecular weight is 275 g/mol. The van der Waals surface area contributed by atoms with Crippen molar-refractivity contribution < 1.29 is 14.9 Å². The van der Waals surface area contributed by atoms with Crippen molar-refractivity contribution in [2.75, 3.05) is 13.2 Å². The number of benzene rings is 2. The van der Waals surface area contributed by atoms with Crippen molar-refractivity contribution >= 4 is 10.8 Å². The van der Waals surface area contributed by atoms with Crippen molar-refractivity contribution in [1.82, 2.24) is 5.32 Å². The highest BCUT2D eigenvalue weighted by Gasteiger charge is 2.11. The Hall–Kier alpha value is -1.62. The Morgan fingerprint density at radius 2 is 1.85 bits per heavy atom. The minimum Gasteiger partial charge on any atom is -0.490 e. The second-order valence-electron chi connectivity index (χ2n) is 5.08. The highest BCUT2D eigenvalue weighted by Crippen LogP contribution is 2.25. The van der Waals surface area contributed by atoms with Crippen molar-refractivity contribution in [3.05, 3.63) is 42.5 Å². The van der Waals surface area contributed by atoms with Crippen LogP contribution in [0.15, 0.2) is 42.5 Å². The molecule has 0 aliphatic rings. The Labute approximate surface area is 119 Å². The van der Waals surface area contributed by atoms with Crippen LogP contribution in [0.5, 0.6) is 5.75 Å². The van der Waals surface area contributed by atoms with Crippen molar-refractivity contribution in [2.45, 2.75) is 26.0 Å². The maximum absolute atomic E-state index is 8.91. The molecule has 4 nitrogen and oxygen atoms in total. The standard InChI is InChI=1S/C16H21NO3/c1-12(2)17-10-14(20-18)11-19-16-9-5-7-13-6-3-4-8-15(13)16/h3-9,12,14,17-18H,10-11H2,1-2H3. The molecule has 2 aromatic rings. The molecule has 0 heterocycles. The zero-order chi connectivity index (χ0) is 14.4. The molecule has 1 atom stereocenters. The molecule has 0 amide bonds. The first-order chi connectivity index (χ1) is 9.70. The summed E-state index contributed by atoms with van der Waals surface area (Å²) in [6, 6.07) is 14.3. The Bertz CT molecular complexity index is 537. The lowest BCUT2D eigenvalue weighted by Crippen LogP contribution is -2.36. The lowest BCUT2D eigenvalue weighted by Gasteiger charge is -2.17. The van der Waals surface area contributed by atoms with Crippen LogP contribution in [-0.2, 0) is 4.89 Å². The minimum atomic E-state index is -0.392. The summed E-state index contributed by atoms with van der Waals surface area (Å²) in [6.07, 6.45) is -0.392. The molecule has 0 aliphatic carbocycles. The Morgan fingerprint density at radius 3 is 2.60 bits per heavy atom. The quantitative estimate of drug-likeness (QED) is 0.602. The van der Waals surface area contributed by atoms with Crippen LogP contribution >= 0.6 is 0 Å². The second kappa shape index (κ2) is 7.24. The van der Waals surface area contributed by atoms with Gasteiger partial charge in [-0.2, -0.15) is 0 Å². The zero-order valence-corrected chi connectivity index (χ0v) is 11.9. The lowest BCUT2D eigenvalue weighted by atomic mass is 10.1. The van der Waals surface area contributed by atoms with Crippen LogP contribution in [0.1, 0.15) is 13.8 Å². The molecular weight excluding hydrogens is 254 g/mol. The summed E-state index contributed by atoms with van der Waals surface area (Å²) >= 11 is 0. The van der Waals surface area contributed by atoms with Crippen molar-refractivity contribution in [3.8, 4) is 5.75 Å². The van der Waals surface area contributed by atoms with Gasteiger partial charge in [0.2, 0.25) is 0 Å². The third-order valence-corrected chi connectivity index (χ3v) is 3.08. The SMILES string of the molecule is CC(C)NCC(COc1cccc2ccccc12)OO. The Balaban J connectivity index is 2.01. The van der Waals surface area contributed by atoms with E-state index in [0.29, 0.717) is 19.2 Å². The smallest absolute Gasteiger partial charge is 0.139 e. The fourth-order valence-corrected chi connectivity index (χ4v) is 2.00. The molecule has 2 N–H and O–H groups in total. The first-order valence-corrected chi connectivity index (χ1v) is 6.85. The van der Waals surface area contributed by atoms with Crippen molar-refractivity contribution in [1.29, 1.82) is 0 Å². The van der Waals surface area contributed by atoms with E-state index in [1.54, 1.807) is 0 Å². The summed E-state index contributed by atoms with van der Waals surface area (Å²) in [5, 5.41) is 14.3. The van der Waals surface area contributed by atoms with Gasteiger partial charge in [0, 0.05) is 18.0 Å². The van der Waals surface area contributed by atoms with Gasteiger partial charge in [0.15, 0.2) is 0 Å². The molecule has 20 heavy (non-hydrogen) atoms.